The monoisotopic (exact) mass is 492 g/mol. The van der Waals surface area contributed by atoms with Gasteiger partial charge in [0.2, 0.25) is 15.9 Å². The highest BCUT2D eigenvalue weighted by molar-refractivity contribution is 7.89. The van der Waals surface area contributed by atoms with Crippen LogP contribution < -0.4 is 10.2 Å². The van der Waals surface area contributed by atoms with E-state index in [9.17, 15) is 13.2 Å². The van der Waals surface area contributed by atoms with Gasteiger partial charge < -0.3 is 10.2 Å². The van der Waals surface area contributed by atoms with E-state index in [1.54, 1.807) is 12.1 Å². The van der Waals surface area contributed by atoms with Crippen molar-refractivity contribution in [2.24, 2.45) is 0 Å². The summed E-state index contributed by atoms with van der Waals surface area (Å²) in [6.07, 6.45) is 2.46. The lowest BCUT2D eigenvalue weighted by Gasteiger charge is -2.33. The van der Waals surface area contributed by atoms with Crippen molar-refractivity contribution in [3.8, 4) is 0 Å². The van der Waals surface area contributed by atoms with Crippen LogP contribution in [0.15, 0.2) is 65.6 Å². The van der Waals surface area contributed by atoms with Crippen LogP contribution in [0.25, 0.3) is 10.8 Å². The van der Waals surface area contributed by atoms with Crippen molar-refractivity contribution in [1.29, 1.82) is 0 Å². The molecule has 5 rings (SSSR count). The molecule has 1 N–H and O–H groups in total. The summed E-state index contributed by atoms with van der Waals surface area (Å²) in [5, 5.41) is 4.96. The average Bonchev–Trinajstić information content (AvgIpc) is 3.40. The summed E-state index contributed by atoms with van der Waals surface area (Å²) in [5.74, 6) is -0.0761. The second kappa shape index (κ2) is 9.97. The van der Waals surface area contributed by atoms with Crippen LogP contribution in [0.3, 0.4) is 0 Å². The maximum absolute atomic E-state index is 13.2. The van der Waals surface area contributed by atoms with Crippen LogP contribution in [0.5, 0.6) is 0 Å². The van der Waals surface area contributed by atoms with Gasteiger partial charge in [-0.25, -0.2) is 8.42 Å². The van der Waals surface area contributed by atoms with Crippen LogP contribution in [0, 0.1) is 6.92 Å². The molecule has 0 radical (unpaired) electrons. The van der Waals surface area contributed by atoms with Crippen molar-refractivity contribution >= 4 is 38.1 Å². The van der Waals surface area contributed by atoms with Crippen molar-refractivity contribution in [1.82, 2.24) is 9.21 Å². The van der Waals surface area contributed by atoms with Gasteiger partial charge in [-0.05, 0) is 66.4 Å². The molecule has 0 aliphatic carbocycles. The van der Waals surface area contributed by atoms with E-state index in [0.717, 1.165) is 35.1 Å². The molecule has 0 atom stereocenters. The topological polar surface area (TPSA) is 73.0 Å². The van der Waals surface area contributed by atoms with E-state index in [1.165, 1.54) is 22.8 Å². The standard InChI is InChI=1S/C27H32N4O3S/c1-21-18-24(30-12-4-5-13-30)9-11-26(21)28-27(32)20-29-14-16-31(17-15-29)35(33,34)25-10-8-22-6-2-3-7-23(22)19-25/h2-3,6-11,18-19H,4-5,12-17,20H2,1H3,(H,28,32). The lowest BCUT2D eigenvalue weighted by molar-refractivity contribution is -0.117. The molecule has 0 spiro atoms. The van der Waals surface area contributed by atoms with E-state index in [1.807, 2.05) is 48.2 Å². The van der Waals surface area contributed by atoms with E-state index in [4.69, 9.17) is 0 Å². The Morgan fingerprint density at radius 2 is 1.57 bits per heavy atom. The first-order chi connectivity index (χ1) is 16.9. The fraction of sp³-hybridized carbons (Fsp3) is 0.370. The molecule has 3 aromatic rings. The van der Waals surface area contributed by atoms with Gasteiger partial charge in [-0.15, -0.1) is 0 Å². The molecule has 0 saturated carbocycles. The van der Waals surface area contributed by atoms with Gasteiger partial charge in [0.05, 0.1) is 11.4 Å². The third-order valence-corrected chi connectivity index (χ3v) is 8.91. The molecule has 7 nitrogen and oxygen atoms in total. The summed E-state index contributed by atoms with van der Waals surface area (Å²) in [7, 11) is -3.57. The molecule has 3 aromatic carbocycles. The zero-order valence-corrected chi connectivity index (χ0v) is 20.9. The first-order valence-corrected chi connectivity index (χ1v) is 13.7. The van der Waals surface area contributed by atoms with Crippen molar-refractivity contribution in [2.45, 2.75) is 24.7 Å². The van der Waals surface area contributed by atoms with Crippen LogP contribution in [0.1, 0.15) is 18.4 Å². The molecular weight excluding hydrogens is 460 g/mol. The number of piperazine rings is 1. The Bertz CT molecular complexity index is 1330. The molecule has 2 aliphatic heterocycles. The Balaban J connectivity index is 1.16. The Morgan fingerprint density at radius 3 is 2.29 bits per heavy atom. The van der Waals surface area contributed by atoms with E-state index in [-0.39, 0.29) is 12.5 Å². The third kappa shape index (κ3) is 5.19. The van der Waals surface area contributed by atoms with Crippen molar-refractivity contribution in [3.05, 3.63) is 66.2 Å². The summed E-state index contributed by atoms with van der Waals surface area (Å²) in [6, 6.07) is 19.2. The molecule has 8 heteroatoms. The fourth-order valence-corrected chi connectivity index (χ4v) is 6.42. The van der Waals surface area contributed by atoms with Crippen molar-refractivity contribution in [3.63, 3.8) is 0 Å². The summed E-state index contributed by atoms with van der Waals surface area (Å²) < 4.78 is 27.9. The number of nitrogens with one attached hydrogen (secondary N) is 1. The van der Waals surface area contributed by atoms with Crippen LogP contribution in [-0.2, 0) is 14.8 Å². The first-order valence-electron chi connectivity index (χ1n) is 12.3. The minimum absolute atomic E-state index is 0.0761. The Morgan fingerprint density at radius 1 is 0.857 bits per heavy atom. The highest BCUT2D eigenvalue weighted by Crippen LogP contribution is 2.26. The number of carbonyl (C=O) groups is 1. The van der Waals surface area contributed by atoms with Crippen molar-refractivity contribution in [2.75, 3.05) is 56.0 Å². The largest absolute Gasteiger partial charge is 0.372 e. The average molecular weight is 493 g/mol. The van der Waals surface area contributed by atoms with Gasteiger partial charge in [0.15, 0.2) is 0 Å². The first kappa shape index (κ1) is 23.8. The fourth-order valence-electron chi connectivity index (χ4n) is 4.96. The quantitative estimate of drug-likeness (QED) is 0.568. The number of carbonyl (C=O) groups excluding carboxylic acids is 1. The number of anilines is 2. The molecule has 1 amide bonds. The smallest absolute Gasteiger partial charge is 0.243 e. The molecular formula is C27H32N4O3S. The normalized spacial score (nSPS) is 17.7. The molecule has 35 heavy (non-hydrogen) atoms. The second-order valence-electron chi connectivity index (χ2n) is 9.43. The number of nitrogens with zero attached hydrogens (tertiary/aromatic N) is 3. The minimum Gasteiger partial charge on any atom is -0.372 e. The third-order valence-electron chi connectivity index (χ3n) is 7.01. The summed E-state index contributed by atoms with van der Waals surface area (Å²) in [6.45, 7) is 6.22. The van der Waals surface area contributed by atoms with Gasteiger partial charge in [-0.3, -0.25) is 9.69 Å². The van der Waals surface area contributed by atoms with Crippen molar-refractivity contribution < 1.29 is 13.2 Å². The number of amides is 1. The summed E-state index contributed by atoms with van der Waals surface area (Å²) in [5.41, 5.74) is 3.09. The summed E-state index contributed by atoms with van der Waals surface area (Å²) in [4.78, 5) is 17.4. The number of aryl methyl sites for hydroxylation is 1. The number of benzene rings is 3. The highest BCUT2D eigenvalue weighted by atomic mass is 32.2. The molecule has 2 aliphatic rings. The van der Waals surface area contributed by atoms with Crippen LogP contribution in [0.2, 0.25) is 0 Å². The van der Waals surface area contributed by atoms with Crippen LogP contribution in [-0.4, -0.2) is 69.3 Å². The van der Waals surface area contributed by atoms with Gasteiger partial charge in [0.25, 0.3) is 0 Å². The van der Waals surface area contributed by atoms with Gasteiger partial charge in [0, 0.05) is 50.6 Å². The Kier molecular flexibility index (Phi) is 6.77. The molecule has 2 saturated heterocycles. The number of sulfonamides is 1. The Hall–Kier alpha value is -2.94. The predicted octanol–water partition coefficient (Wildman–Crippen LogP) is 3.69. The molecule has 0 aromatic heterocycles. The predicted molar refractivity (Wildman–Crippen MR) is 140 cm³/mol. The number of hydrogen-bond donors (Lipinski definition) is 1. The maximum Gasteiger partial charge on any atom is 0.243 e. The second-order valence-corrected chi connectivity index (χ2v) is 11.4. The lowest BCUT2D eigenvalue weighted by Crippen LogP contribution is -2.50. The van der Waals surface area contributed by atoms with E-state index < -0.39 is 10.0 Å². The SMILES string of the molecule is Cc1cc(N2CCCC2)ccc1NC(=O)CN1CCN(S(=O)(=O)c2ccc3ccccc3c2)CC1. The Labute approximate surface area is 207 Å². The number of fused-ring (bicyclic) bond motifs is 1. The van der Waals surface area contributed by atoms with Crippen LogP contribution >= 0.6 is 0 Å². The molecule has 2 fully saturated rings. The van der Waals surface area contributed by atoms with Gasteiger partial charge >= 0.3 is 0 Å². The van der Waals surface area contributed by atoms with E-state index in [0.29, 0.717) is 31.1 Å². The van der Waals surface area contributed by atoms with Gasteiger partial charge in [-0.1, -0.05) is 30.3 Å². The lowest BCUT2D eigenvalue weighted by atomic mass is 10.1. The van der Waals surface area contributed by atoms with E-state index in [2.05, 4.69) is 22.3 Å². The minimum atomic E-state index is -3.57. The molecule has 2 heterocycles. The molecule has 0 bridgehead atoms. The van der Waals surface area contributed by atoms with Gasteiger partial charge in [-0.2, -0.15) is 4.31 Å². The number of rotatable bonds is 6. The zero-order chi connectivity index (χ0) is 24.4. The summed E-state index contributed by atoms with van der Waals surface area (Å²) >= 11 is 0. The maximum atomic E-state index is 13.2. The number of hydrogen-bond acceptors (Lipinski definition) is 5. The highest BCUT2D eigenvalue weighted by Gasteiger charge is 2.29. The molecule has 184 valence electrons. The van der Waals surface area contributed by atoms with E-state index >= 15 is 0 Å². The zero-order valence-electron chi connectivity index (χ0n) is 20.1. The molecule has 0 unspecified atom stereocenters. The van der Waals surface area contributed by atoms with Crippen LogP contribution in [0.4, 0.5) is 11.4 Å². The van der Waals surface area contributed by atoms with Gasteiger partial charge in [0.1, 0.15) is 0 Å².